The second-order valence-corrected chi connectivity index (χ2v) is 11.3. The Kier molecular flexibility index (Phi) is 9.02. The van der Waals surface area contributed by atoms with E-state index in [0.717, 1.165) is 21.6 Å². The Morgan fingerprint density at radius 1 is 1.17 bits per heavy atom. The standard InChI is InChI=1S/C18H14I2N4O2S3/c19-13-6-12(16(26)14(20)7-13)8-21-22-15(25)10-28-18-24-23-17(29-18)27-9-11-4-2-1-3-5-11/h1-8,26H,9-10H2,(H,22,25)/b21-8+. The van der Waals surface area contributed by atoms with Crippen molar-refractivity contribution in [2.75, 3.05) is 5.75 Å². The Hall–Kier alpha value is -0.900. The molecular formula is C18H14I2N4O2S3. The lowest BCUT2D eigenvalue weighted by Crippen LogP contribution is -2.19. The van der Waals surface area contributed by atoms with Crippen LogP contribution in [0.4, 0.5) is 0 Å². The number of nitrogens with one attached hydrogen (secondary N) is 1. The molecule has 11 heteroatoms. The number of carbonyl (C=O) groups excluding carboxylic acids is 1. The minimum absolute atomic E-state index is 0.146. The van der Waals surface area contributed by atoms with Gasteiger partial charge in [-0.05, 0) is 62.9 Å². The lowest BCUT2D eigenvalue weighted by atomic mass is 10.2. The number of thioether (sulfide) groups is 2. The molecule has 150 valence electrons. The first-order valence-electron chi connectivity index (χ1n) is 8.14. The van der Waals surface area contributed by atoms with E-state index in [4.69, 9.17) is 0 Å². The normalized spacial score (nSPS) is 11.1. The van der Waals surface area contributed by atoms with Crippen LogP contribution in [0.3, 0.4) is 0 Å². The van der Waals surface area contributed by atoms with Gasteiger partial charge in [0, 0.05) is 14.9 Å². The maximum atomic E-state index is 12.0. The summed E-state index contributed by atoms with van der Waals surface area (Å²) >= 11 is 8.63. The van der Waals surface area contributed by atoms with Gasteiger partial charge in [-0.2, -0.15) is 5.10 Å². The molecule has 0 saturated heterocycles. The molecule has 0 unspecified atom stereocenters. The summed E-state index contributed by atoms with van der Waals surface area (Å²) in [6, 6.07) is 13.8. The third kappa shape index (κ3) is 7.38. The summed E-state index contributed by atoms with van der Waals surface area (Å²) < 4.78 is 3.32. The van der Waals surface area contributed by atoms with E-state index in [1.54, 1.807) is 17.8 Å². The summed E-state index contributed by atoms with van der Waals surface area (Å²) in [4.78, 5) is 12.0. The number of hydrogen-bond donors (Lipinski definition) is 2. The number of amides is 1. The molecule has 1 heterocycles. The van der Waals surface area contributed by atoms with Crippen LogP contribution in [0.1, 0.15) is 11.1 Å². The van der Waals surface area contributed by atoms with Gasteiger partial charge in [-0.25, -0.2) is 5.43 Å². The molecule has 0 spiro atoms. The number of hydrazone groups is 1. The molecule has 0 aliphatic heterocycles. The second kappa shape index (κ2) is 11.5. The molecule has 1 aromatic heterocycles. The maximum Gasteiger partial charge on any atom is 0.250 e. The summed E-state index contributed by atoms with van der Waals surface area (Å²) in [5, 5.41) is 22.2. The van der Waals surface area contributed by atoms with Crippen LogP contribution in [0.5, 0.6) is 5.75 Å². The Morgan fingerprint density at radius 3 is 2.66 bits per heavy atom. The number of carbonyl (C=O) groups is 1. The molecule has 0 aliphatic rings. The fraction of sp³-hybridized carbons (Fsp3) is 0.111. The van der Waals surface area contributed by atoms with Crippen molar-refractivity contribution >= 4 is 92.2 Å². The van der Waals surface area contributed by atoms with Crippen molar-refractivity contribution in [3.63, 3.8) is 0 Å². The van der Waals surface area contributed by atoms with Gasteiger partial charge in [-0.15, -0.1) is 10.2 Å². The molecule has 2 N–H and O–H groups in total. The minimum Gasteiger partial charge on any atom is -0.506 e. The van der Waals surface area contributed by atoms with Crippen molar-refractivity contribution < 1.29 is 9.90 Å². The van der Waals surface area contributed by atoms with E-state index < -0.39 is 0 Å². The van der Waals surface area contributed by atoms with E-state index in [1.807, 2.05) is 24.3 Å². The highest BCUT2D eigenvalue weighted by Gasteiger charge is 2.09. The Labute approximate surface area is 207 Å². The van der Waals surface area contributed by atoms with Crippen LogP contribution in [0, 0.1) is 7.14 Å². The number of hydrogen-bond acceptors (Lipinski definition) is 8. The van der Waals surface area contributed by atoms with Crippen LogP contribution in [-0.4, -0.2) is 33.2 Å². The highest BCUT2D eigenvalue weighted by atomic mass is 127. The molecule has 29 heavy (non-hydrogen) atoms. The molecule has 6 nitrogen and oxygen atoms in total. The molecule has 0 atom stereocenters. The Balaban J connectivity index is 1.44. The van der Waals surface area contributed by atoms with Crippen molar-refractivity contribution in [3.8, 4) is 5.75 Å². The SMILES string of the molecule is O=C(CSc1nnc(SCc2ccccc2)s1)N/N=C/c1cc(I)cc(I)c1O. The quantitative estimate of drug-likeness (QED) is 0.152. The average molecular weight is 668 g/mol. The fourth-order valence-corrected chi connectivity index (χ4v) is 6.71. The Bertz CT molecular complexity index is 1020. The molecule has 2 aromatic carbocycles. The number of nitrogens with zero attached hydrogens (tertiary/aromatic N) is 3. The van der Waals surface area contributed by atoms with Gasteiger partial charge in [0.2, 0.25) is 0 Å². The van der Waals surface area contributed by atoms with Gasteiger partial charge in [-0.1, -0.05) is 65.2 Å². The van der Waals surface area contributed by atoms with E-state index in [2.05, 4.69) is 78.0 Å². The van der Waals surface area contributed by atoms with Gasteiger partial charge >= 0.3 is 0 Å². The van der Waals surface area contributed by atoms with Crippen molar-refractivity contribution in [1.82, 2.24) is 15.6 Å². The van der Waals surface area contributed by atoms with E-state index in [1.165, 1.54) is 34.9 Å². The van der Waals surface area contributed by atoms with Crippen molar-refractivity contribution in [1.29, 1.82) is 0 Å². The second-order valence-electron chi connectivity index (χ2n) is 5.52. The maximum absolute atomic E-state index is 12.0. The van der Waals surface area contributed by atoms with Crippen molar-refractivity contribution in [3.05, 3.63) is 60.7 Å². The van der Waals surface area contributed by atoms with Gasteiger partial charge in [-0.3, -0.25) is 4.79 Å². The molecule has 0 radical (unpaired) electrons. The summed E-state index contributed by atoms with van der Waals surface area (Å²) in [5.41, 5.74) is 4.25. The van der Waals surface area contributed by atoms with Crippen LogP contribution in [0.15, 0.2) is 56.2 Å². The van der Waals surface area contributed by atoms with Gasteiger partial charge in [0.25, 0.3) is 5.91 Å². The van der Waals surface area contributed by atoms with Gasteiger partial charge in [0.15, 0.2) is 8.68 Å². The van der Waals surface area contributed by atoms with Crippen LogP contribution in [0.25, 0.3) is 0 Å². The minimum atomic E-state index is -0.250. The smallest absolute Gasteiger partial charge is 0.250 e. The summed E-state index contributed by atoms with van der Waals surface area (Å²) in [6.07, 6.45) is 1.44. The lowest BCUT2D eigenvalue weighted by molar-refractivity contribution is -0.118. The van der Waals surface area contributed by atoms with Gasteiger partial charge in [0.05, 0.1) is 15.5 Å². The summed E-state index contributed by atoms with van der Waals surface area (Å²) in [6.45, 7) is 0. The number of rotatable bonds is 8. The topological polar surface area (TPSA) is 87.5 Å². The zero-order chi connectivity index (χ0) is 20.6. The molecule has 0 bridgehead atoms. The molecule has 0 fully saturated rings. The van der Waals surface area contributed by atoms with Crippen LogP contribution in [0.2, 0.25) is 0 Å². The molecule has 3 rings (SSSR count). The molecule has 0 aliphatic carbocycles. The van der Waals surface area contributed by atoms with Crippen molar-refractivity contribution in [2.45, 2.75) is 14.4 Å². The number of phenolic OH excluding ortho intramolecular Hbond substituents is 1. The number of benzene rings is 2. The summed E-state index contributed by atoms with van der Waals surface area (Å²) in [5.74, 6) is 0.914. The molecular weight excluding hydrogens is 654 g/mol. The molecule has 3 aromatic rings. The first-order chi connectivity index (χ1) is 14.0. The zero-order valence-electron chi connectivity index (χ0n) is 14.7. The van der Waals surface area contributed by atoms with Gasteiger partial charge in [0.1, 0.15) is 5.75 Å². The first-order valence-corrected chi connectivity index (χ1v) is 13.1. The number of halogens is 2. The van der Waals surface area contributed by atoms with Crippen LogP contribution < -0.4 is 5.43 Å². The summed E-state index contributed by atoms with van der Waals surface area (Å²) in [7, 11) is 0. The third-order valence-electron chi connectivity index (χ3n) is 3.37. The lowest BCUT2D eigenvalue weighted by Gasteiger charge is -2.03. The largest absolute Gasteiger partial charge is 0.506 e. The van der Waals surface area contributed by atoms with Crippen molar-refractivity contribution in [2.24, 2.45) is 5.10 Å². The van der Waals surface area contributed by atoms with Gasteiger partial charge < -0.3 is 5.11 Å². The zero-order valence-corrected chi connectivity index (χ0v) is 21.5. The average Bonchev–Trinajstić information content (AvgIpc) is 3.17. The van der Waals surface area contributed by atoms with E-state index in [0.29, 0.717) is 5.56 Å². The van der Waals surface area contributed by atoms with Crippen LogP contribution >= 0.6 is 80.0 Å². The third-order valence-corrected chi connectivity index (χ3v) is 8.08. The molecule has 0 saturated carbocycles. The monoisotopic (exact) mass is 668 g/mol. The fourth-order valence-electron chi connectivity index (χ4n) is 2.05. The highest BCUT2D eigenvalue weighted by Crippen LogP contribution is 2.30. The van der Waals surface area contributed by atoms with E-state index in [9.17, 15) is 9.90 Å². The highest BCUT2D eigenvalue weighted by molar-refractivity contribution is 14.1. The number of aromatic nitrogens is 2. The predicted octanol–water partition coefficient (Wildman–Crippen LogP) is 4.99. The number of phenols is 1. The molecule has 1 amide bonds. The van der Waals surface area contributed by atoms with E-state index >= 15 is 0 Å². The Morgan fingerprint density at radius 2 is 1.90 bits per heavy atom. The van der Waals surface area contributed by atoms with E-state index in [-0.39, 0.29) is 17.4 Å². The first kappa shape index (κ1) is 22.8. The number of aromatic hydroxyl groups is 1. The predicted molar refractivity (Wildman–Crippen MR) is 136 cm³/mol. The van der Waals surface area contributed by atoms with Crippen LogP contribution in [-0.2, 0) is 10.5 Å².